The summed E-state index contributed by atoms with van der Waals surface area (Å²) in [5.74, 6) is 0.340. The van der Waals surface area contributed by atoms with Crippen LogP contribution in [0.2, 0.25) is 0 Å². The lowest BCUT2D eigenvalue weighted by Crippen LogP contribution is -2.42. The van der Waals surface area contributed by atoms with Gasteiger partial charge in [0.2, 0.25) is 0 Å². The summed E-state index contributed by atoms with van der Waals surface area (Å²) in [6.45, 7) is 2.16. The predicted octanol–water partition coefficient (Wildman–Crippen LogP) is 4.57. The summed E-state index contributed by atoms with van der Waals surface area (Å²) in [7, 11) is 0. The van der Waals surface area contributed by atoms with E-state index < -0.39 is 0 Å². The van der Waals surface area contributed by atoms with Crippen LogP contribution in [0.3, 0.4) is 0 Å². The maximum Gasteiger partial charge on any atom is 0.113 e. The molecule has 28 heavy (non-hydrogen) atoms. The summed E-state index contributed by atoms with van der Waals surface area (Å²) in [5.41, 5.74) is 7.73. The van der Waals surface area contributed by atoms with Crippen molar-refractivity contribution in [1.82, 2.24) is 15.0 Å². The van der Waals surface area contributed by atoms with Crippen molar-refractivity contribution in [3.8, 4) is 0 Å². The number of fused-ring (bicyclic) bond motifs is 1. The highest BCUT2D eigenvalue weighted by atomic mass is 15.4. The first-order valence-corrected chi connectivity index (χ1v) is 10.1. The van der Waals surface area contributed by atoms with Crippen LogP contribution in [0.1, 0.15) is 35.1 Å². The number of para-hydroxylation sites is 2. The lowest BCUT2D eigenvalue weighted by molar-refractivity contribution is 0.409. The molecule has 0 unspecified atom stereocenters. The predicted molar refractivity (Wildman–Crippen MR) is 112 cm³/mol. The Morgan fingerprint density at radius 1 is 0.857 bits per heavy atom. The fraction of sp³-hybridized carbons (Fsp3) is 0.250. The highest BCUT2D eigenvalue weighted by molar-refractivity contribution is 5.75. The summed E-state index contributed by atoms with van der Waals surface area (Å²) < 4.78 is 2.16. The first-order valence-electron chi connectivity index (χ1n) is 10.1. The molecule has 138 valence electrons. The molecule has 3 aromatic carbocycles. The molecule has 0 bridgehead atoms. The van der Waals surface area contributed by atoms with Crippen LogP contribution in [0, 0.1) is 0 Å². The maximum atomic E-state index is 4.64. The maximum absolute atomic E-state index is 4.64. The van der Waals surface area contributed by atoms with E-state index in [1.165, 1.54) is 35.2 Å². The normalized spacial score (nSPS) is 20.9. The molecule has 2 atom stereocenters. The average Bonchev–Trinajstić information content (AvgIpc) is 3.18. The molecule has 4 aromatic rings. The van der Waals surface area contributed by atoms with Crippen molar-refractivity contribution in [2.75, 3.05) is 18.0 Å². The number of hydrogen-bond acceptors (Lipinski definition) is 3. The summed E-state index contributed by atoms with van der Waals surface area (Å²) in [6.07, 6.45) is 2.40. The van der Waals surface area contributed by atoms with Crippen LogP contribution < -0.4 is 4.90 Å². The fourth-order valence-corrected chi connectivity index (χ4v) is 5.13. The van der Waals surface area contributed by atoms with E-state index in [1.54, 1.807) is 0 Å². The Hall–Kier alpha value is -3.14. The Balaban J connectivity index is 1.62. The molecule has 3 heterocycles. The number of rotatable bonds is 2. The molecule has 2 aliphatic rings. The molecule has 0 radical (unpaired) electrons. The standard InChI is InChI=1S/C24H22N4/c1-2-8-17(9-3-1)20-16-27-15-7-11-18-10-6-12-19(23(18)27)24(20)28-22-14-5-4-13-21(22)25-26-28/h1-6,8-10,12-14,20,24H,7,11,15-16H2/t20-,24+/m1/s1. The van der Waals surface area contributed by atoms with E-state index in [0.717, 1.165) is 24.1 Å². The van der Waals surface area contributed by atoms with Gasteiger partial charge in [-0.05, 0) is 36.1 Å². The van der Waals surface area contributed by atoms with Crippen LogP contribution in [0.25, 0.3) is 11.0 Å². The molecule has 6 rings (SSSR count). The van der Waals surface area contributed by atoms with Crippen molar-refractivity contribution in [2.45, 2.75) is 24.8 Å². The van der Waals surface area contributed by atoms with Gasteiger partial charge < -0.3 is 4.90 Å². The minimum atomic E-state index is 0.152. The minimum Gasteiger partial charge on any atom is -0.370 e. The summed E-state index contributed by atoms with van der Waals surface area (Å²) in [6, 6.07) is 26.2. The highest BCUT2D eigenvalue weighted by Gasteiger charge is 2.38. The monoisotopic (exact) mass is 366 g/mol. The van der Waals surface area contributed by atoms with Crippen molar-refractivity contribution in [3.63, 3.8) is 0 Å². The Labute approximate surface area is 164 Å². The van der Waals surface area contributed by atoms with Crippen LogP contribution in [0.15, 0.2) is 72.8 Å². The second-order valence-corrected chi connectivity index (χ2v) is 7.89. The molecular weight excluding hydrogens is 344 g/mol. The molecule has 0 saturated heterocycles. The van der Waals surface area contributed by atoms with Gasteiger partial charge in [-0.1, -0.05) is 65.9 Å². The molecule has 0 saturated carbocycles. The first kappa shape index (κ1) is 15.9. The highest BCUT2D eigenvalue weighted by Crippen LogP contribution is 2.47. The molecule has 0 N–H and O–H groups in total. The fourth-order valence-electron chi connectivity index (χ4n) is 5.13. The van der Waals surface area contributed by atoms with Gasteiger partial charge in [0.15, 0.2) is 0 Å². The summed E-state index contributed by atoms with van der Waals surface area (Å²) >= 11 is 0. The lowest BCUT2D eigenvalue weighted by atomic mass is 9.79. The zero-order valence-electron chi connectivity index (χ0n) is 15.7. The average molecular weight is 366 g/mol. The van der Waals surface area contributed by atoms with Gasteiger partial charge in [0.25, 0.3) is 0 Å². The van der Waals surface area contributed by atoms with Crippen LogP contribution in [-0.4, -0.2) is 28.1 Å². The molecule has 0 spiro atoms. The van der Waals surface area contributed by atoms with E-state index in [-0.39, 0.29) is 6.04 Å². The van der Waals surface area contributed by atoms with E-state index in [2.05, 4.69) is 80.6 Å². The third-order valence-corrected chi connectivity index (χ3v) is 6.33. The molecule has 4 nitrogen and oxygen atoms in total. The summed E-state index contributed by atoms with van der Waals surface area (Å²) in [5, 5.41) is 9.11. The van der Waals surface area contributed by atoms with Crippen LogP contribution in [0.4, 0.5) is 5.69 Å². The molecule has 4 heteroatoms. The molecule has 2 aliphatic heterocycles. The first-order chi connectivity index (χ1) is 13.9. The molecule has 0 aliphatic carbocycles. The number of hydrogen-bond donors (Lipinski definition) is 0. The third kappa shape index (κ3) is 2.30. The number of anilines is 1. The molecule has 1 aromatic heterocycles. The third-order valence-electron chi connectivity index (χ3n) is 6.33. The number of aromatic nitrogens is 3. The van der Waals surface area contributed by atoms with Gasteiger partial charge in [0.05, 0.1) is 11.6 Å². The van der Waals surface area contributed by atoms with Crippen molar-refractivity contribution in [1.29, 1.82) is 0 Å². The Kier molecular flexibility index (Phi) is 3.51. The number of benzene rings is 3. The quantitative estimate of drug-likeness (QED) is 0.521. The SMILES string of the molecule is c1ccc([C@H]2CN3CCCc4cccc(c43)[C@@H]2n2nnc3ccccc32)cc1. The van der Waals surface area contributed by atoms with Crippen molar-refractivity contribution in [2.24, 2.45) is 0 Å². The minimum absolute atomic E-state index is 0.152. The smallest absolute Gasteiger partial charge is 0.113 e. The van der Waals surface area contributed by atoms with E-state index in [0.29, 0.717) is 5.92 Å². The Morgan fingerprint density at radius 2 is 1.71 bits per heavy atom. The van der Waals surface area contributed by atoms with Gasteiger partial charge in [0.1, 0.15) is 5.52 Å². The van der Waals surface area contributed by atoms with Gasteiger partial charge in [-0.25, -0.2) is 4.68 Å². The van der Waals surface area contributed by atoms with Crippen LogP contribution in [-0.2, 0) is 6.42 Å². The van der Waals surface area contributed by atoms with Crippen LogP contribution >= 0.6 is 0 Å². The van der Waals surface area contributed by atoms with Gasteiger partial charge >= 0.3 is 0 Å². The topological polar surface area (TPSA) is 34.0 Å². The van der Waals surface area contributed by atoms with Crippen molar-refractivity contribution < 1.29 is 0 Å². The Morgan fingerprint density at radius 3 is 2.64 bits per heavy atom. The lowest BCUT2D eigenvalue weighted by Gasteiger charge is -2.44. The van der Waals surface area contributed by atoms with Gasteiger partial charge in [0, 0.05) is 30.3 Å². The van der Waals surface area contributed by atoms with Gasteiger partial charge in [-0.3, -0.25) is 0 Å². The van der Waals surface area contributed by atoms with E-state index in [4.69, 9.17) is 0 Å². The second kappa shape index (κ2) is 6.20. The zero-order valence-corrected chi connectivity index (χ0v) is 15.7. The van der Waals surface area contributed by atoms with Crippen LogP contribution in [0.5, 0.6) is 0 Å². The number of nitrogens with zero attached hydrogens (tertiary/aromatic N) is 4. The molecular formula is C24H22N4. The van der Waals surface area contributed by atoms with Crippen molar-refractivity contribution in [3.05, 3.63) is 89.5 Å². The van der Waals surface area contributed by atoms with E-state index in [1.807, 2.05) is 12.1 Å². The molecule has 0 amide bonds. The van der Waals surface area contributed by atoms with E-state index in [9.17, 15) is 0 Å². The largest absolute Gasteiger partial charge is 0.370 e. The summed E-state index contributed by atoms with van der Waals surface area (Å²) in [4.78, 5) is 2.60. The van der Waals surface area contributed by atoms with Gasteiger partial charge in [-0.2, -0.15) is 0 Å². The number of aryl methyl sites for hydroxylation is 1. The van der Waals surface area contributed by atoms with Crippen molar-refractivity contribution >= 4 is 16.7 Å². The van der Waals surface area contributed by atoms with E-state index >= 15 is 0 Å². The second-order valence-electron chi connectivity index (χ2n) is 7.89. The molecule has 0 fully saturated rings. The Bertz CT molecular complexity index is 1150. The zero-order chi connectivity index (χ0) is 18.5. The van der Waals surface area contributed by atoms with Gasteiger partial charge in [-0.15, -0.1) is 5.10 Å².